The Hall–Kier alpha value is -2.60. The maximum absolute atomic E-state index is 12.1. The molecule has 1 aromatic heterocycles. The lowest BCUT2D eigenvalue weighted by Crippen LogP contribution is -2.19. The van der Waals surface area contributed by atoms with Crippen molar-refractivity contribution >= 4 is 24.0 Å². The lowest BCUT2D eigenvalue weighted by Gasteiger charge is -2.09. The number of aromatic nitrogens is 1. The lowest BCUT2D eigenvalue weighted by atomic mass is 10.2. The van der Waals surface area contributed by atoms with E-state index in [4.69, 9.17) is 9.47 Å². The molecular formula is C16H18ClN3O3. The van der Waals surface area contributed by atoms with Crippen molar-refractivity contribution in [3.8, 4) is 11.5 Å². The molecule has 0 aliphatic carbocycles. The Morgan fingerprint density at radius 2 is 1.87 bits per heavy atom. The van der Waals surface area contributed by atoms with Crippen LogP contribution in [0.5, 0.6) is 11.5 Å². The van der Waals surface area contributed by atoms with E-state index < -0.39 is 0 Å². The third-order valence-electron chi connectivity index (χ3n) is 3.01. The molecule has 2 rings (SSSR count). The minimum absolute atomic E-state index is 0. The van der Waals surface area contributed by atoms with E-state index in [1.165, 1.54) is 14.2 Å². The van der Waals surface area contributed by atoms with Crippen LogP contribution in [-0.2, 0) is 0 Å². The average molecular weight is 336 g/mol. The topological polar surface area (TPSA) is 72.8 Å². The lowest BCUT2D eigenvalue weighted by molar-refractivity contribution is 0.0954. The Morgan fingerprint density at radius 1 is 1.13 bits per heavy atom. The van der Waals surface area contributed by atoms with Crippen molar-refractivity contribution in [3.63, 3.8) is 0 Å². The molecule has 0 aliphatic heterocycles. The van der Waals surface area contributed by atoms with Crippen molar-refractivity contribution in [2.45, 2.75) is 6.92 Å². The summed E-state index contributed by atoms with van der Waals surface area (Å²) in [5, 5.41) is 4.05. The Morgan fingerprint density at radius 3 is 2.48 bits per heavy atom. The highest BCUT2D eigenvalue weighted by Crippen LogP contribution is 2.27. The second-order valence-corrected chi connectivity index (χ2v) is 4.42. The average Bonchev–Trinajstić information content (AvgIpc) is 2.59. The number of benzene rings is 1. The van der Waals surface area contributed by atoms with Crippen LogP contribution in [0, 0.1) is 0 Å². The first-order valence-electron chi connectivity index (χ1n) is 6.63. The molecule has 0 saturated heterocycles. The quantitative estimate of drug-likeness (QED) is 0.673. The first-order valence-corrected chi connectivity index (χ1v) is 6.63. The highest BCUT2D eigenvalue weighted by Gasteiger charge is 2.10. The van der Waals surface area contributed by atoms with E-state index in [0.717, 1.165) is 0 Å². The molecular weight excluding hydrogens is 318 g/mol. The van der Waals surface area contributed by atoms with E-state index in [-0.39, 0.29) is 18.3 Å². The van der Waals surface area contributed by atoms with Gasteiger partial charge in [-0.15, -0.1) is 12.4 Å². The molecule has 7 heteroatoms. The first kappa shape index (κ1) is 18.4. The van der Waals surface area contributed by atoms with Gasteiger partial charge < -0.3 is 9.47 Å². The Bertz CT molecular complexity index is 690. The number of ether oxygens (including phenoxy) is 2. The van der Waals surface area contributed by atoms with Crippen LogP contribution in [0.25, 0.3) is 0 Å². The van der Waals surface area contributed by atoms with Crippen molar-refractivity contribution in [1.82, 2.24) is 10.4 Å². The summed E-state index contributed by atoms with van der Waals surface area (Å²) in [5.41, 5.74) is 4.25. The summed E-state index contributed by atoms with van der Waals surface area (Å²) in [6, 6.07) is 10.4. The zero-order valence-electron chi connectivity index (χ0n) is 13.1. The van der Waals surface area contributed by atoms with Gasteiger partial charge >= 0.3 is 0 Å². The predicted octanol–water partition coefficient (Wildman–Crippen LogP) is 2.67. The summed E-state index contributed by atoms with van der Waals surface area (Å²) < 4.78 is 10.3. The van der Waals surface area contributed by atoms with Crippen LogP contribution >= 0.6 is 12.4 Å². The maximum atomic E-state index is 12.1. The molecule has 0 unspecified atom stereocenters. The molecule has 6 nitrogen and oxygen atoms in total. The fraction of sp³-hybridized carbons (Fsp3) is 0.188. The van der Waals surface area contributed by atoms with Crippen molar-refractivity contribution in [2.75, 3.05) is 14.2 Å². The number of methoxy groups -OCH3 is 2. The van der Waals surface area contributed by atoms with Crippen LogP contribution in [0.1, 0.15) is 23.0 Å². The number of carbonyl (C=O) groups excluding carboxylic acids is 1. The summed E-state index contributed by atoms with van der Waals surface area (Å²) >= 11 is 0. The molecule has 23 heavy (non-hydrogen) atoms. The zero-order valence-corrected chi connectivity index (χ0v) is 13.9. The van der Waals surface area contributed by atoms with Gasteiger partial charge in [0.05, 0.1) is 25.6 Å². The summed E-state index contributed by atoms with van der Waals surface area (Å²) in [5.74, 6) is 0.712. The van der Waals surface area contributed by atoms with Crippen molar-refractivity contribution in [2.24, 2.45) is 5.10 Å². The number of pyridine rings is 1. The number of rotatable bonds is 5. The van der Waals surface area contributed by atoms with E-state index in [9.17, 15) is 4.79 Å². The van der Waals surface area contributed by atoms with Crippen molar-refractivity contribution in [1.29, 1.82) is 0 Å². The molecule has 0 atom stereocenters. The Labute approximate surface area is 140 Å². The Kier molecular flexibility index (Phi) is 7.02. The van der Waals surface area contributed by atoms with Gasteiger partial charge in [0.2, 0.25) is 0 Å². The number of hydrogen-bond acceptors (Lipinski definition) is 5. The number of carbonyl (C=O) groups is 1. The molecule has 0 fully saturated rings. The molecule has 1 aromatic carbocycles. The van der Waals surface area contributed by atoms with Gasteiger partial charge in [0.25, 0.3) is 5.91 Å². The fourth-order valence-corrected chi connectivity index (χ4v) is 1.81. The highest BCUT2D eigenvalue weighted by molar-refractivity contribution is 5.99. The minimum atomic E-state index is -0.337. The van der Waals surface area contributed by atoms with E-state index in [1.807, 2.05) is 18.2 Å². The largest absolute Gasteiger partial charge is 0.493 e. The monoisotopic (exact) mass is 335 g/mol. The van der Waals surface area contributed by atoms with Crippen LogP contribution in [-0.4, -0.2) is 30.8 Å². The number of hydrazone groups is 1. The highest BCUT2D eigenvalue weighted by atomic mass is 35.5. The normalized spacial score (nSPS) is 10.5. The van der Waals surface area contributed by atoms with Crippen molar-refractivity contribution in [3.05, 3.63) is 53.9 Å². The standard InChI is InChI=1S/C16H17N3O3.ClH/c1-11(13-6-4-5-9-17-13)18-19-16(20)12-7-8-14(21-2)15(10-12)22-3;/h4-10H,1-3H3,(H,19,20);1H. The van der Waals surface area contributed by atoms with Crippen LogP contribution in [0.15, 0.2) is 47.7 Å². The SMILES string of the molecule is COc1ccc(C(=O)NN=C(C)c2ccccn2)cc1OC.Cl. The molecule has 0 radical (unpaired) electrons. The number of nitrogens with one attached hydrogen (secondary N) is 1. The van der Waals surface area contributed by atoms with Gasteiger partial charge in [-0.25, -0.2) is 5.43 Å². The maximum Gasteiger partial charge on any atom is 0.271 e. The molecule has 1 N–H and O–H groups in total. The van der Waals surface area contributed by atoms with E-state index >= 15 is 0 Å². The predicted molar refractivity (Wildman–Crippen MR) is 90.7 cm³/mol. The number of nitrogens with zero attached hydrogens (tertiary/aromatic N) is 2. The second-order valence-electron chi connectivity index (χ2n) is 4.42. The van der Waals surface area contributed by atoms with Crippen LogP contribution in [0.2, 0.25) is 0 Å². The molecule has 122 valence electrons. The van der Waals surface area contributed by atoms with Gasteiger partial charge in [-0.2, -0.15) is 5.10 Å². The van der Waals surface area contributed by atoms with E-state index in [2.05, 4.69) is 15.5 Å². The third kappa shape index (κ3) is 4.69. The summed E-state index contributed by atoms with van der Waals surface area (Å²) in [6.45, 7) is 1.78. The smallest absolute Gasteiger partial charge is 0.271 e. The Balaban J connectivity index is 0.00000264. The number of halogens is 1. The number of amides is 1. The fourth-order valence-electron chi connectivity index (χ4n) is 1.81. The van der Waals surface area contributed by atoms with Crippen LogP contribution < -0.4 is 14.9 Å². The van der Waals surface area contributed by atoms with Gasteiger partial charge in [-0.05, 0) is 37.3 Å². The summed E-state index contributed by atoms with van der Waals surface area (Å²) in [7, 11) is 3.06. The van der Waals surface area contributed by atoms with Gasteiger partial charge in [-0.1, -0.05) is 6.07 Å². The first-order chi connectivity index (χ1) is 10.7. The molecule has 0 aliphatic rings. The van der Waals surface area contributed by atoms with Crippen molar-refractivity contribution < 1.29 is 14.3 Å². The molecule has 1 amide bonds. The van der Waals surface area contributed by atoms with Gasteiger partial charge in [0.1, 0.15) is 0 Å². The second kappa shape index (κ2) is 8.75. The van der Waals surface area contributed by atoms with E-state index in [1.54, 1.807) is 31.3 Å². The van der Waals surface area contributed by atoms with Gasteiger partial charge in [-0.3, -0.25) is 9.78 Å². The molecule has 0 bridgehead atoms. The molecule has 1 heterocycles. The minimum Gasteiger partial charge on any atom is -0.493 e. The van der Waals surface area contributed by atoms with Gasteiger partial charge in [0.15, 0.2) is 11.5 Å². The molecule has 0 saturated carbocycles. The van der Waals surface area contributed by atoms with E-state index in [0.29, 0.717) is 28.5 Å². The zero-order chi connectivity index (χ0) is 15.9. The van der Waals surface area contributed by atoms with Crippen LogP contribution in [0.3, 0.4) is 0 Å². The number of hydrogen-bond donors (Lipinski definition) is 1. The van der Waals surface area contributed by atoms with Gasteiger partial charge in [0, 0.05) is 11.8 Å². The molecule has 0 spiro atoms. The molecule has 2 aromatic rings. The third-order valence-corrected chi connectivity index (χ3v) is 3.01. The summed E-state index contributed by atoms with van der Waals surface area (Å²) in [6.07, 6.45) is 1.67. The summed E-state index contributed by atoms with van der Waals surface area (Å²) in [4.78, 5) is 16.3. The van der Waals surface area contributed by atoms with Crippen LogP contribution in [0.4, 0.5) is 0 Å².